The summed E-state index contributed by atoms with van der Waals surface area (Å²) in [5.74, 6) is 0.364. The minimum Gasteiger partial charge on any atom is -0.364 e. The normalized spacial score (nSPS) is 29.2. The number of nitrogens with zero attached hydrogens (tertiary/aromatic N) is 2. The molecule has 5 heteroatoms. The zero-order valence-corrected chi connectivity index (χ0v) is 11.2. The van der Waals surface area contributed by atoms with Crippen LogP contribution in [0.4, 0.5) is 5.82 Å². The molecule has 1 amide bonds. The number of anilines is 1. The van der Waals surface area contributed by atoms with E-state index in [1.54, 1.807) is 6.07 Å². The molecule has 2 atom stereocenters. The maximum absolute atomic E-state index is 11.2. The second-order valence-corrected chi connectivity index (χ2v) is 5.62. The van der Waals surface area contributed by atoms with Crippen molar-refractivity contribution in [3.05, 3.63) is 23.9 Å². The monoisotopic (exact) mass is 260 g/mol. The number of fused-ring (bicyclic) bond motifs is 2. The third kappa shape index (κ3) is 2.42. The van der Waals surface area contributed by atoms with E-state index in [4.69, 9.17) is 5.73 Å². The number of amides is 1. The largest absolute Gasteiger partial charge is 0.364 e. The van der Waals surface area contributed by atoms with Crippen LogP contribution in [0.2, 0.25) is 0 Å². The highest BCUT2D eigenvalue weighted by Crippen LogP contribution is 2.30. The minimum absolute atomic E-state index is 0.334. The van der Waals surface area contributed by atoms with E-state index in [-0.39, 0.29) is 0 Å². The minimum atomic E-state index is -0.472. The molecular weight excluding hydrogens is 240 g/mol. The van der Waals surface area contributed by atoms with Gasteiger partial charge in [0, 0.05) is 25.2 Å². The molecule has 2 unspecified atom stereocenters. The van der Waals surface area contributed by atoms with Gasteiger partial charge in [0.25, 0.3) is 5.91 Å². The number of aromatic nitrogens is 1. The van der Waals surface area contributed by atoms with Crippen LogP contribution in [0.15, 0.2) is 18.2 Å². The molecule has 3 N–H and O–H groups in total. The van der Waals surface area contributed by atoms with Crippen LogP contribution < -0.4 is 16.0 Å². The molecule has 1 aromatic heterocycles. The fraction of sp³-hybridized carbons (Fsp3) is 0.571. The van der Waals surface area contributed by atoms with Crippen molar-refractivity contribution in [1.29, 1.82) is 0 Å². The molecule has 2 aliphatic heterocycles. The molecule has 0 aliphatic carbocycles. The molecule has 0 aromatic carbocycles. The third-order valence-corrected chi connectivity index (χ3v) is 4.34. The topological polar surface area (TPSA) is 71.2 Å². The van der Waals surface area contributed by atoms with Crippen molar-refractivity contribution in [2.75, 3.05) is 11.9 Å². The average molecular weight is 260 g/mol. The van der Waals surface area contributed by atoms with E-state index in [0.29, 0.717) is 23.8 Å². The number of primary amides is 1. The van der Waals surface area contributed by atoms with Gasteiger partial charge in [-0.2, -0.15) is 0 Å². The highest BCUT2D eigenvalue weighted by Gasteiger charge is 2.35. The van der Waals surface area contributed by atoms with E-state index in [9.17, 15) is 4.79 Å². The number of nitrogens with two attached hydrogens (primary N) is 1. The molecule has 2 saturated heterocycles. The maximum atomic E-state index is 11.2. The molecule has 1 aromatic rings. The van der Waals surface area contributed by atoms with Crippen LogP contribution in [0.3, 0.4) is 0 Å². The van der Waals surface area contributed by atoms with Crippen molar-refractivity contribution in [3.8, 4) is 0 Å². The van der Waals surface area contributed by atoms with Crippen molar-refractivity contribution < 1.29 is 4.79 Å². The first kappa shape index (κ1) is 12.4. The number of carbonyl (C=O) groups is 1. The smallest absolute Gasteiger partial charge is 0.267 e. The van der Waals surface area contributed by atoms with Gasteiger partial charge in [0.05, 0.1) is 0 Å². The van der Waals surface area contributed by atoms with Crippen LogP contribution in [0.25, 0.3) is 0 Å². The first-order valence-electron chi connectivity index (χ1n) is 6.89. The van der Waals surface area contributed by atoms with Crippen molar-refractivity contribution in [2.45, 2.75) is 43.8 Å². The Labute approximate surface area is 113 Å². The molecule has 3 heterocycles. The average Bonchev–Trinajstić information content (AvgIpc) is 2.76. The Morgan fingerprint density at radius 2 is 2.05 bits per heavy atom. The standard InChI is InChI=1S/C14H20N4O/c1-18(11-7-9-5-6-10(8-11)16-9)13-4-2-3-12(17-13)14(15)19/h2-4,9-11,16H,5-8H2,1H3,(H2,15,19). The number of hydrogen-bond acceptors (Lipinski definition) is 4. The van der Waals surface area contributed by atoms with E-state index >= 15 is 0 Å². The number of piperidine rings is 1. The summed E-state index contributed by atoms with van der Waals surface area (Å²) < 4.78 is 0. The fourth-order valence-electron chi connectivity index (χ4n) is 3.29. The van der Waals surface area contributed by atoms with Gasteiger partial charge in [0.15, 0.2) is 0 Å². The third-order valence-electron chi connectivity index (χ3n) is 4.34. The first-order chi connectivity index (χ1) is 9.13. The summed E-state index contributed by atoms with van der Waals surface area (Å²) in [6, 6.07) is 7.22. The molecular formula is C14H20N4O. The molecule has 2 bridgehead atoms. The van der Waals surface area contributed by atoms with Crippen LogP contribution in [0, 0.1) is 0 Å². The van der Waals surface area contributed by atoms with Crippen LogP contribution in [-0.4, -0.2) is 36.1 Å². The second-order valence-electron chi connectivity index (χ2n) is 5.62. The lowest BCUT2D eigenvalue weighted by molar-refractivity contribution is 0.0995. The Morgan fingerprint density at radius 1 is 1.37 bits per heavy atom. The molecule has 0 radical (unpaired) electrons. The van der Waals surface area contributed by atoms with Crippen molar-refractivity contribution >= 4 is 11.7 Å². The predicted octanol–water partition coefficient (Wildman–Crippen LogP) is 0.900. The number of nitrogens with one attached hydrogen (secondary N) is 1. The Hall–Kier alpha value is -1.62. The quantitative estimate of drug-likeness (QED) is 0.847. The van der Waals surface area contributed by atoms with Crippen LogP contribution in [-0.2, 0) is 0 Å². The molecule has 5 nitrogen and oxygen atoms in total. The van der Waals surface area contributed by atoms with Gasteiger partial charge in [-0.1, -0.05) is 6.07 Å². The predicted molar refractivity (Wildman–Crippen MR) is 74.1 cm³/mol. The highest BCUT2D eigenvalue weighted by atomic mass is 16.1. The Bertz CT molecular complexity index is 478. The Kier molecular flexibility index (Phi) is 3.14. The number of carbonyl (C=O) groups excluding carboxylic acids is 1. The number of rotatable bonds is 3. The van der Waals surface area contributed by atoms with E-state index in [0.717, 1.165) is 18.7 Å². The van der Waals surface area contributed by atoms with E-state index < -0.39 is 5.91 Å². The van der Waals surface area contributed by atoms with Gasteiger partial charge in [-0.3, -0.25) is 4.79 Å². The molecule has 19 heavy (non-hydrogen) atoms. The van der Waals surface area contributed by atoms with Gasteiger partial charge in [0.2, 0.25) is 0 Å². The number of pyridine rings is 1. The van der Waals surface area contributed by atoms with Gasteiger partial charge in [-0.05, 0) is 37.8 Å². The van der Waals surface area contributed by atoms with E-state index in [1.807, 2.05) is 12.1 Å². The fourth-order valence-corrected chi connectivity index (χ4v) is 3.29. The van der Waals surface area contributed by atoms with Crippen LogP contribution in [0.5, 0.6) is 0 Å². The lowest BCUT2D eigenvalue weighted by atomic mass is 9.98. The molecule has 0 saturated carbocycles. The summed E-state index contributed by atoms with van der Waals surface area (Å²) in [5.41, 5.74) is 5.62. The lowest BCUT2D eigenvalue weighted by Gasteiger charge is -2.36. The zero-order valence-electron chi connectivity index (χ0n) is 11.2. The Morgan fingerprint density at radius 3 is 2.68 bits per heavy atom. The summed E-state index contributed by atoms with van der Waals surface area (Å²) in [5, 5.41) is 3.64. The molecule has 102 valence electrons. The van der Waals surface area contributed by atoms with Crippen molar-refractivity contribution in [3.63, 3.8) is 0 Å². The van der Waals surface area contributed by atoms with Crippen molar-refractivity contribution in [1.82, 2.24) is 10.3 Å². The van der Waals surface area contributed by atoms with Crippen molar-refractivity contribution in [2.24, 2.45) is 5.73 Å². The van der Waals surface area contributed by atoms with Gasteiger partial charge < -0.3 is 16.0 Å². The van der Waals surface area contributed by atoms with Gasteiger partial charge >= 0.3 is 0 Å². The van der Waals surface area contributed by atoms with Gasteiger partial charge in [-0.15, -0.1) is 0 Å². The number of hydrogen-bond donors (Lipinski definition) is 2. The Balaban J connectivity index is 1.78. The molecule has 2 aliphatic rings. The summed E-state index contributed by atoms with van der Waals surface area (Å²) in [4.78, 5) is 17.7. The van der Waals surface area contributed by atoms with Crippen LogP contribution >= 0.6 is 0 Å². The SMILES string of the molecule is CN(c1cccc(C(N)=O)n1)C1CC2CCC(C1)N2. The molecule has 2 fully saturated rings. The zero-order chi connectivity index (χ0) is 13.4. The second kappa shape index (κ2) is 4.81. The molecule has 3 rings (SSSR count). The lowest BCUT2D eigenvalue weighted by Crippen LogP contribution is -2.47. The summed E-state index contributed by atoms with van der Waals surface area (Å²) in [6.07, 6.45) is 4.86. The summed E-state index contributed by atoms with van der Waals surface area (Å²) in [6.45, 7) is 0. The maximum Gasteiger partial charge on any atom is 0.267 e. The van der Waals surface area contributed by atoms with Gasteiger partial charge in [-0.25, -0.2) is 4.98 Å². The van der Waals surface area contributed by atoms with E-state index in [1.165, 1.54) is 12.8 Å². The van der Waals surface area contributed by atoms with E-state index in [2.05, 4.69) is 22.2 Å². The first-order valence-corrected chi connectivity index (χ1v) is 6.89. The van der Waals surface area contributed by atoms with Crippen LogP contribution in [0.1, 0.15) is 36.2 Å². The highest BCUT2D eigenvalue weighted by molar-refractivity contribution is 5.91. The molecule has 0 spiro atoms. The van der Waals surface area contributed by atoms with Gasteiger partial charge in [0.1, 0.15) is 11.5 Å². The summed E-state index contributed by atoms with van der Waals surface area (Å²) >= 11 is 0. The summed E-state index contributed by atoms with van der Waals surface area (Å²) in [7, 11) is 2.06.